The summed E-state index contributed by atoms with van der Waals surface area (Å²) >= 11 is 6.32. The number of carbonyl (C=O) groups is 1. The number of hydrogen-bond donors (Lipinski definition) is 1. The van der Waals surface area contributed by atoms with Crippen molar-refractivity contribution in [2.24, 2.45) is 0 Å². The number of benzene rings is 2. The number of rotatable bonds is 4. The molecule has 132 valence electrons. The number of thioether (sulfide) groups is 1. The van der Waals surface area contributed by atoms with E-state index in [9.17, 15) is 4.79 Å². The van der Waals surface area contributed by atoms with E-state index in [1.807, 2.05) is 36.5 Å². The molecule has 0 spiro atoms. The Morgan fingerprint density at radius 3 is 2.85 bits per heavy atom. The lowest BCUT2D eigenvalue weighted by Crippen LogP contribution is -2.17. The van der Waals surface area contributed by atoms with Gasteiger partial charge in [-0.25, -0.2) is 0 Å². The third-order valence-electron chi connectivity index (χ3n) is 4.22. The van der Waals surface area contributed by atoms with Gasteiger partial charge in [0.1, 0.15) is 10.0 Å². The summed E-state index contributed by atoms with van der Waals surface area (Å²) in [6.45, 7) is 0.495. The number of hydrogen-bond acceptors (Lipinski definition) is 5. The maximum Gasteiger partial charge on any atom is 0.263 e. The molecule has 1 aliphatic rings. The van der Waals surface area contributed by atoms with E-state index in [1.54, 1.807) is 4.68 Å². The number of thiocarbonyl (C=S) groups is 1. The van der Waals surface area contributed by atoms with Crippen LogP contribution in [0.1, 0.15) is 12.0 Å². The molecule has 0 unspecified atom stereocenters. The lowest BCUT2D eigenvalue weighted by Gasteiger charge is -2.05. The number of fused-ring (bicyclic) bond motifs is 1. The standard InChI is InChI=1S/C20H14N4OS2/c21-9-4-10-24-12-14(11-17-19(25)22-20(26)27-17)18(23-24)16-8-3-6-13-5-1-2-7-15(13)16/h1-3,5-8,11-12H,4,10H2,(H,22,25,26). The van der Waals surface area contributed by atoms with E-state index in [1.165, 1.54) is 11.8 Å². The van der Waals surface area contributed by atoms with Gasteiger partial charge in [-0.3, -0.25) is 9.48 Å². The summed E-state index contributed by atoms with van der Waals surface area (Å²) in [5, 5.41) is 18.4. The van der Waals surface area contributed by atoms with Crippen molar-refractivity contribution in [2.45, 2.75) is 13.0 Å². The minimum absolute atomic E-state index is 0.196. The minimum Gasteiger partial charge on any atom is -0.307 e. The second-order valence-electron chi connectivity index (χ2n) is 5.98. The van der Waals surface area contributed by atoms with E-state index in [2.05, 4.69) is 29.6 Å². The van der Waals surface area contributed by atoms with Crippen LogP contribution in [0.3, 0.4) is 0 Å². The van der Waals surface area contributed by atoms with Crippen LogP contribution in [-0.4, -0.2) is 20.0 Å². The molecule has 0 atom stereocenters. The van der Waals surface area contributed by atoms with Crippen molar-refractivity contribution >= 4 is 51.1 Å². The summed E-state index contributed by atoms with van der Waals surface area (Å²) in [6.07, 6.45) is 4.05. The molecule has 1 aliphatic heterocycles. The Balaban J connectivity index is 1.87. The minimum atomic E-state index is -0.196. The van der Waals surface area contributed by atoms with Crippen LogP contribution in [0.2, 0.25) is 0 Å². The van der Waals surface area contributed by atoms with Gasteiger partial charge in [0.25, 0.3) is 5.91 Å². The Morgan fingerprint density at radius 1 is 1.26 bits per heavy atom. The van der Waals surface area contributed by atoms with Gasteiger partial charge in [-0.05, 0) is 16.8 Å². The highest BCUT2D eigenvalue weighted by atomic mass is 32.2. The van der Waals surface area contributed by atoms with E-state index < -0.39 is 0 Å². The van der Waals surface area contributed by atoms with Gasteiger partial charge in [-0.15, -0.1) is 0 Å². The Morgan fingerprint density at radius 2 is 2.07 bits per heavy atom. The molecule has 2 heterocycles. The molecule has 0 saturated carbocycles. The Hall–Kier alpha value is -2.95. The Bertz CT molecular complexity index is 1140. The first-order valence-corrected chi connectivity index (χ1v) is 9.55. The Labute approximate surface area is 165 Å². The second-order valence-corrected chi connectivity index (χ2v) is 7.70. The smallest absolute Gasteiger partial charge is 0.263 e. The number of nitriles is 1. The molecule has 1 saturated heterocycles. The molecule has 27 heavy (non-hydrogen) atoms. The van der Waals surface area contributed by atoms with Crippen LogP contribution in [0.4, 0.5) is 0 Å². The molecule has 1 amide bonds. The predicted molar refractivity (Wildman–Crippen MR) is 112 cm³/mol. The molecule has 3 aromatic rings. The summed E-state index contributed by atoms with van der Waals surface area (Å²) in [6, 6.07) is 16.3. The van der Waals surface area contributed by atoms with E-state index in [4.69, 9.17) is 22.6 Å². The number of carbonyl (C=O) groups excluding carboxylic acids is 1. The van der Waals surface area contributed by atoms with Crippen LogP contribution in [0.25, 0.3) is 28.1 Å². The molecular formula is C20H14N4OS2. The third kappa shape index (κ3) is 3.50. The Kier molecular flexibility index (Phi) is 4.75. The van der Waals surface area contributed by atoms with Crippen LogP contribution in [0, 0.1) is 11.3 Å². The fourth-order valence-electron chi connectivity index (χ4n) is 3.03. The number of amides is 1. The van der Waals surface area contributed by atoms with Crippen molar-refractivity contribution < 1.29 is 4.79 Å². The molecule has 1 N–H and O–H groups in total. The fraction of sp³-hybridized carbons (Fsp3) is 0.100. The van der Waals surface area contributed by atoms with Crippen molar-refractivity contribution in [3.8, 4) is 17.3 Å². The highest BCUT2D eigenvalue weighted by Crippen LogP contribution is 2.33. The van der Waals surface area contributed by atoms with Crippen molar-refractivity contribution in [3.05, 3.63) is 59.1 Å². The second kappa shape index (κ2) is 7.35. The summed E-state index contributed by atoms with van der Waals surface area (Å²) in [7, 11) is 0. The number of nitrogens with zero attached hydrogens (tertiary/aromatic N) is 3. The quantitative estimate of drug-likeness (QED) is 0.536. The van der Waals surface area contributed by atoms with Gasteiger partial charge in [0.15, 0.2) is 0 Å². The number of nitrogens with one attached hydrogen (secondary N) is 1. The van der Waals surface area contributed by atoms with Crippen LogP contribution >= 0.6 is 24.0 Å². The van der Waals surface area contributed by atoms with Gasteiger partial charge in [0.05, 0.1) is 23.9 Å². The van der Waals surface area contributed by atoms with Crippen molar-refractivity contribution in [2.75, 3.05) is 0 Å². The van der Waals surface area contributed by atoms with Gasteiger partial charge in [-0.2, -0.15) is 10.4 Å². The molecule has 1 fully saturated rings. The van der Waals surface area contributed by atoms with E-state index in [0.717, 1.165) is 27.6 Å². The average Bonchev–Trinajstić information content (AvgIpc) is 3.22. The highest BCUT2D eigenvalue weighted by molar-refractivity contribution is 8.26. The molecule has 7 heteroatoms. The maximum absolute atomic E-state index is 12.1. The van der Waals surface area contributed by atoms with E-state index >= 15 is 0 Å². The van der Waals surface area contributed by atoms with Gasteiger partial charge >= 0.3 is 0 Å². The van der Waals surface area contributed by atoms with Crippen LogP contribution < -0.4 is 5.32 Å². The maximum atomic E-state index is 12.1. The SMILES string of the molecule is N#CCCn1cc(C=C2SC(=S)NC2=O)c(-c2cccc3ccccc23)n1. The molecule has 0 radical (unpaired) electrons. The molecule has 0 bridgehead atoms. The molecule has 5 nitrogen and oxygen atoms in total. The zero-order valence-electron chi connectivity index (χ0n) is 14.2. The third-order valence-corrected chi connectivity index (χ3v) is 5.38. The highest BCUT2D eigenvalue weighted by Gasteiger charge is 2.23. The van der Waals surface area contributed by atoms with Gasteiger partial charge in [0, 0.05) is 17.3 Å². The number of aromatic nitrogens is 2. The van der Waals surface area contributed by atoms with Crippen LogP contribution in [0.15, 0.2) is 53.6 Å². The number of aryl methyl sites for hydroxylation is 1. The predicted octanol–water partition coefficient (Wildman–Crippen LogP) is 4.11. The first-order valence-electron chi connectivity index (χ1n) is 8.33. The lowest BCUT2D eigenvalue weighted by molar-refractivity contribution is -0.115. The molecular weight excluding hydrogens is 376 g/mol. The van der Waals surface area contributed by atoms with Crippen molar-refractivity contribution in [1.29, 1.82) is 5.26 Å². The largest absolute Gasteiger partial charge is 0.307 e. The molecule has 2 aromatic carbocycles. The molecule has 1 aromatic heterocycles. The van der Waals surface area contributed by atoms with E-state index in [-0.39, 0.29) is 5.91 Å². The lowest BCUT2D eigenvalue weighted by atomic mass is 10.00. The molecule has 4 rings (SSSR count). The monoisotopic (exact) mass is 390 g/mol. The first kappa shape index (κ1) is 17.5. The van der Waals surface area contributed by atoms with Gasteiger partial charge in [0.2, 0.25) is 0 Å². The van der Waals surface area contributed by atoms with Gasteiger partial charge in [-0.1, -0.05) is 66.4 Å². The summed E-state index contributed by atoms with van der Waals surface area (Å²) in [5.74, 6) is -0.196. The zero-order chi connectivity index (χ0) is 18.8. The zero-order valence-corrected chi connectivity index (χ0v) is 15.8. The van der Waals surface area contributed by atoms with Crippen LogP contribution in [0.5, 0.6) is 0 Å². The summed E-state index contributed by atoms with van der Waals surface area (Å²) < 4.78 is 2.21. The first-order chi connectivity index (χ1) is 13.2. The van der Waals surface area contributed by atoms with Crippen molar-refractivity contribution in [1.82, 2.24) is 15.1 Å². The van der Waals surface area contributed by atoms with Crippen LogP contribution in [-0.2, 0) is 11.3 Å². The summed E-state index contributed by atoms with van der Waals surface area (Å²) in [5.41, 5.74) is 2.59. The van der Waals surface area contributed by atoms with Crippen molar-refractivity contribution in [3.63, 3.8) is 0 Å². The fourth-order valence-corrected chi connectivity index (χ4v) is 4.06. The average molecular weight is 390 g/mol. The topological polar surface area (TPSA) is 70.7 Å². The summed E-state index contributed by atoms with van der Waals surface area (Å²) in [4.78, 5) is 12.6. The normalized spacial score (nSPS) is 15.3. The van der Waals surface area contributed by atoms with Gasteiger partial charge < -0.3 is 5.32 Å². The molecule has 0 aliphatic carbocycles. The van der Waals surface area contributed by atoms with E-state index in [0.29, 0.717) is 22.2 Å².